The summed E-state index contributed by atoms with van der Waals surface area (Å²) in [7, 11) is 0. The van der Waals surface area contributed by atoms with Crippen molar-refractivity contribution in [3.05, 3.63) is 0 Å². The first-order chi connectivity index (χ1) is 4.58. The molecule has 2 amide bonds. The number of carbonyl (C=O) groups excluding carboxylic acids is 2. The number of hydrogen-bond acceptors (Lipinski definition) is 3. The topological polar surface area (TPSA) is 72.2 Å². The molecule has 0 saturated carbocycles. The second kappa shape index (κ2) is 2.89. The molecule has 0 aromatic carbocycles. The van der Waals surface area contributed by atoms with Gasteiger partial charge in [-0.05, 0) is 0 Å². The van der Waals surface area contributed by atoms with Crippen LogP contribution in [0.3, 0.4) is 0 Å². The minimum absolute atomic E-state index is 0.169. The molecule has 0 radical (unpaired) electrons. The van der Waals surface area contributed by atoms with Crippen molar-refractivity contribution in [2.24, 2.45) is 5.73 Å². The fourth-order valence-corrected chi connectivity index (χ4v) is 3.67. The molecule has 1 atom stereocenters. The van der Waals surface area contributed by atoms with Crippen LogP contribution in [0.5, 0.6) is 0 Å². The Morgan fingerprint density at radius 2 is 2.30 bits per heavy atom. The van der Waals surface area contributed by atoms with Crippen LogP contribution in [0.4, 0.5) is 0 Å². The number of nitrogens with two attached hydrogens (primary N) is 1. The summed E-state index contributed by atoms with van der Waals surface area (Å²) < 4.78 is -0.837. The Hall–Kier alpha value is 0.560. The van der Waals surface area contributed by atoms with Gasteiger partial charge < -0.3 is 0 Å². The molecule has 1 rings (SSSR count). The fourth-order valence-electron chi connectivity index (χ4n) is 0.646. The van der Waals surface area contributed by atoms with E-state index in [1.807, 2.05) is 0 Å². The molecule has 4 nitrogen and oxygen atoms in total. The first kappa shape index (κ1) is 8.65. The third-order valence-electron chi connectivity index (χ3n) is 1.18. The van der Waals surface area contributed by atoms with E-state index in [0.29, 0.717) is 0 Å². The van der Waals surface area contributed by atoms with Crippen LogP contribution in [-0.4, -0.2) is 15.4 Å². The van der Waals surface area contributed by atoms with Crippen LogP contribution < -0.4 is 28.3 Å². The van der Waals surface area contributed by atoms with Crippen molar-refractivity contribution >= 4 is 30.4 Å². The first-order valence-electron chi connectivity index (χ1n) is 2.49. The first-order valence-corrected chi connectivity index (χ1v) is 9.85. The van der Waals surface area contributed by atoms with E-state index in [2.05, 4.69) is 23.9 Å². The monoisotopic (exact) mass is 367 g/mol. The Bertz CT molecular complexity index is 196. The van der Waals surface area contributed by atoms with Gasteiger partial charge in [-0.3, -0.25) is 0 Å². The quantitative estimate of drug-likeness (QED) is 0.216. The van der Waals surface area contributed by atoms with Gasteiger partial charge in [0.15, 0.2) is 0 Å². The maximum atomic E-state index is 10.9. The Morgan fingerprint density at radius 1 is 1.70 bits per heavy atom. The van der Waals surface area contributed by atoms with Crippen LogP contribution >= 0.6 is 18.6 Å². The molecule has 0 aliphatic carbocycles. The van der Waals surface area contributed by atoms with E-state index in [4.69, 9.17) is 5.73 Å². The summed E-state index contributed by atoms with van der Waals surface area (Å²) in [4.78, 5) is 21.5. The summed E-state index contributed by atoms with van der Waals surface area (Å²) in [5, 5.41) is 2.18. The molecule has 1 unspecified atom stereocenters. The molecule has 1 saturated heterocycles. The summed E-state index contributed by atoms with van der Waals surface area (Å²) in [5.41, 5.74) is 5.60. The molecule has 1 fully saturated rings. The predicted molar refractivity (Wildman–Crippen MR) is 38.7 cm³/mol. The van der Waals surface area contributed by atoms with Gasteiger partial charge in [0.2, 0.25) is 0 Å². The van der Waals surface area contributed by atoms with Gasteiger partial charge in [-0.25, -0.2) is 0 Å². The van der Waals surface area contributed by atoms with E-state index in [-0.39, 0.29) is 18.2 Å². The number of hydrogen-bond donors (Lipinski definition) is 2. The van der Waals surface area contributed by atoms with E-state index in [1.54, 1.807) is 0 Å². The molecular formula is C4H5I2N2O2-. The number of carbonyl (C=O) groups is 2. The fraction of sp³-hybridized carbons (Fsp3) is 0.500. The average Bonchev–Trinajstić information content (AvgIpc) is 2.09. The second-order valence-electron chi connectivity index (χ2n) is 1.99. The minimum atomic E-state index is -0.837. The van der Waals surface area contributed by atoms with Crippen molar-refractivity contribution < 1.29 is 26.8 Å². The van der Waals surface area contributed by atoms with Crippen molar-refractivity contribution in [1.29, 1.82) is 0 Å². The third kappa shape index (κ3) is 1.42. The van der Waals surface area contributed by atoms with Crippen molar-refractivity contribution in [2.75, 3.05) is 0 Å². The number of rotatable bonds is 1. The van der Waals surface area contributed by atoms with E-state index >= 15 is 0 Å². The van der Waals surface area contributed by atoms with Crippen LogP contribution in [-0.2, 0) is 9.59 Å². The van der Waals surface area contributed by atoms with Crippen LogP contribution in [0.2, 0.25) is 0 Å². The summed E-state index contributed by atoms with van der Waals surface area (Å²) >= 11 is 1.67. The molecule has 10 heavy (non-hydrogen) atoms. The van der Waals surface area contributed by atoms with Gasteiger partial charge in [0.25, 0.3) is 0 Å². The summed E-state index contributed by atoms with van der Waals surface area (Å²) in [6.45, 7) is 0. The van der Waals surface area contributed by atoms with Gasteiger partial charge in [-0.1, -0.05) is 0 Å². The van der Waals surface area contributed by atoms with Gasteiger partial charge in [0, 0.05) is 0 Å². The molecule has 6 heteroatoms. The van der Waals surface area contributed by atoms with Crippen molar-refractivity contribution in [3.63, 3.8) is 0 Å². The zero-order valence-corrected chi connectivity index (χ0v) is 9.17. The molecule has 1 aliphatic rings. The van der Waals surface area contributed by atoms with Gasteiger partial charge in [0.05, 0.1) is 0 Å². The normalized spacial score (nSPS) is 33.0. The van der Waals surface area contributed by atoms with Crippen molar-refractivity contribution in [2.45, 2.75) is 9.97 Å². The Balaban J connectivity index is 2.80. The molecule has 58 valence electrons. The van der Waals surface area contributed by atoms with Gasteiger partial charge in [-0.15, -0.1) is 0 Å². The van der Waals surface area contributed by atoms with E-state index in [9.17, 15) is 9.59 Å². The summed E-state index contributed by atoms with van der Waals surface area (Å²) in [5.74, 6) is -0.552. The molecular weight excluding hydrogens is 362 g/mol. The number of halogens is 2. The van der Waals surface area contributed by atoms with Crippen molar-refractivity contribution in [1.82, 2.24) is 5.32 Å². The summed E-state index contributed by atoms with van der Waals surface area (Å²) in [6.07, 6.45) is 0.169. The third-order valence-corrected chi connectivity index (χ3v) is 7.66. The molecule has 1 aliphatic heterocycles. The van der Waals surface area contributed by atoms with Crippen molar-refractivity contribution in [3.8, 4) is 0 Å². The Kier molecular flexibility index (Phi) is 2.50. The second-order valence-corrected chi connectivity index (χ2v) is 7.06. The number of amides is 2. The van der Waals surface area contributed by atoms with E-state index in [1.165, 1.54) is 0 Å². The maximum absolute atomic E-state index is 10.9. The average molecular weight is 367 g/mol. The zero-order valence-electron chi connectivity index (χ0n) is 4.86. The van der Waals surface area contributed by atoms with Gasteiger partial charge in [-0.2, -0.15) is 0 Å². The van der Waals surface area contributed by atoms with E-state index < -0.39 is 20.8 Å². The van der Waals surface area contributed by atoms with Crippen LogP contribution in [0.1, 0.15) is 6.42 Å². The molecule has 0 aromatic heterocycles. The van der Waals surface area contributed by atoms with Gasteiger partial charge in [0.1, 0.15) is 0 Å². The summed E-state index contributed by atoms with van der Waals surface area (Å²) in [6, 6.07) is 0. The molecule has 0 spiro atoms. The number of nitrogens with one attached hydrogen (secondary N) is 1. The van der Waals surface area contributed by atoms with Gasteiger partial charge >= 0.3 is 78.3 Å². The molecule has 0 bridgehead atoms. The van der Waals surface area contributed by atoms with Crippen LogP contribution in [0.25, 0.3) is 0 Å². The molecule has 3 N–H and O–H groups in total. The van der Waals surface area contributed by atoms with Crippen LogP contribution in [0, 0.1) is 0 Å². The predicted octanol–water partition coefficient (Wildman–Crippen LogP) is -3.87. The zero-order chi connectivity index (χ0) is 7.78. The molecule has 1 heterocycles. The number of imide groups is 1. The SMILES string of the molecule is NC1([I-]I)CC(=O)NC1=O. The molecule has 0 aromatic rings. The van der Waals surface area contributed by atoms with E-state index in [0.717, 1.165) is 0 Å². The Morgan fingerprint density at radius 3 is 2.50 bits per heavy atom. The number of alkyl halides is 1. The standard InChI is InChI=1S/C4H5I2N2O2/c5-6-4(7)1-2(9)8-3(4)10/h1,7H2,(H,8,9,10)/q-1. The Labute approximate surface area is 77.7 Å². The van der Waals surface area contributed by atoms with Crippen LogP contribution in [0.15, 0.2) is 0 Å².